The molecule has 4 unspecified atom stereocenters. The van der Waals surface area contributed by atoms with Gasteiger partial charge in [0.2, 0.25) is 22.8 Å². The summed E-state index contributed by atoms with van der Waals surface area (Å²) >= 11 is 0. The van der Waals surface area contributed by atoms with Gasteiger partial charge in [0.1, 0.15) is 28.2 Å². The Bertz CT molecular complexity index is 4230. The van der Waals surface area contributed by atoms with Crippen LogP contribution in [-0.2, 0) is 41.0 Å². The van der Waals surface area contributed by atoms with Gasteiger partial charge in [-0.15, -0.1) is 0 Å². The second-order valence-corrected chi connectivity index (χ2v) is 25.5. The van der Waals surface area contributed by atoms with Gasteiger partial charge in [-0.3, -0.25) is 0 Å². The van der Waals surface area contributed by atoms with E-state index in [2.05, 4.69) is 118 Å². The Labute approximate surface area is 502 Å². The molecule has 4 fully saturated rings. The van der Waals surface area contributed by atoms with Crippen molar-refractivity contribution in [3.8, 4) is 45.0 Å². The van der Waals surface area contributed by atoms with Gasteiger partial charge in [0.05, 0.1) is 0 Å². The fourth-order valence-corrected chi connectivity index (χ4v) is 15.4. The van der Waals surface area contributed by atoms with Gasteiger partial charge in [-0.25, -0.2) is 18.3 Å². The Morgan fingerprint density at radius 1 is 0.383 bits per heavy atom. The second-order valence-electron chi connectivity index (χ2n) is 25.5. The summed E-state index contributed by atoms with van der Waals surface area (Å²) in [7, 11) is 8.22. The lowest BCUT2D eigenvalue weighted by Crippen LogP contribution is -2.37. The fraction of sp³-hybridized carbons (Fsp3) is 0.429. The van der Waals surface area contributed by atoms with Gasteiger partial charge in [0.25, 0.3) is 0 Å². The van der Waals surface area contributed by atoms with Crippen LogP contribution in [0.5, 0.6) is 0 Å². The van der Waals surface area contributed by atoms with E-state index >= 15 is 0 Å². The summed E-state index contributed by atoms with van der Waals surface area (Å²) in [5.41, 5.74) is 26.9. The number of hydrogen-bond acceptors (Lipinski definition) is 0. The molecule has 4 atom stereocenters. The molecule has 0 spiro atoms. The number of hydrogen-bond donors (Lipinski definition) is 0. The zero-order chi connectivity index (χ0) is 65.0. The summed E-state index contributed by atoms with van der Waals surface area (Å²) in [6.07, 6.45) is 18.8. The zero-order valence-corrected chi connectivity index (χ0v) is 49.0. The highest BCUT2D eigenvalue weighted by Crippen LogP contribution is 2.55. The van der Waals surface area contributed by atoms with Crippen LogP contribution in [-0.4, -0.2) is 0 Å². The minimum absolute atomic E-state index is 0. The number of pyridine rings is 4. The van der Waals surface area contributed by atoms with Gasteiger partial charge >= 0.3 is 0 Å². The molecule has 0 N–H and O–H groups in total. The Kier molecular flexibility index (Phi) is 11.6. The van der Waals surface area contributed by atoms with Crippen LogP contribution in [0, 0.1) is 67.1 Å². The maximum atomic E-state index is 8.77. The molecule has 0 saturated heterocycles. The molecule has 8 bridgehead atoms. The fourth-order valence-electron chi connectivity index (χ4n) is 15.4. The van der Waals surface area contributed by atoms with Crippen LogP contribution in [0.1, 0.15) is 211 Å². The number of aryl methyl sites for hydroxylation is 12. The highest BCUT2D eigenvalue weighted by Gasteiger charge is 2.43. The Morgan fingerprint density at radius 2 is 0.815 bits per heavy atom. The molecule has 4 saturated carbocycles. The molecule has 8 aromatic rings. The first-order valence-corrected chi connectivity index (χ1v) is 29.8. The summed E-state index contributed by atoms with van der Waals surface area (Å²) in [5, 5.41) is 0. The van der Waals surface area contributed by atoms with E-state index < -0.39 is 37.8 Å². The standard InChI is InChI=1S/4C19H22N.CH4/c2*1-12-4-7-16(13(2)8-12)19-10-17-14-5-6-15(9-14)18(17)11-20(19)3;2*1-12-4-5-17(13(2)6-12)19-10-18-15-7-14(8-15)9-16(18)11-20(19)3;/h2*4,7-8,10-11,14-15H,5-6,9H2,1-3H3;2*4-6,10-11,14-15H,7-9H2,1-3H3;1H4/q4*+1;/i1D3,14D,15D;;1D3,9D2,15D;;. The third-order valence-electron chi connectivity index (χ3n) is 19.7. The largest absolute Gasteiger partial charge is 0.212 e. The maximum absolute atomic E-state index is 8.77. The molecule has 4 heterocycles. The summed E-state index contributed by atoms with van der Waals surface area (Å²) in [6, 6.07) is 32.9. The van der Waals surface area contributed by atoms with Crippen LogP contribution in [0.3, 0.4) is 0 Å². The zero-order valence-electron chi connectivity index (χ0n) is 60.0. The van der Waals surface area contributed by atoms with Gasteiger partial charge < -0.3 is 0 Å². The van der Waals surface area contributed by atoms with E-state index in [9.17, 15) is 0 Å². The van der Waals surface area contributed by atoms with E-state index in [0.29, 0.717) is 36.0 Å². The molecule has 18 rings (SSSR count). The lowest BCUT2D eigenvalue weighted by atomic mass is 9.63. The molecule has 81 heavy (non-hydrogen) atoms. The molecule has 0 aliphatic heterocycles. The van der Waals surface area contributed by atoms with Crippen LogP contribution in [0.4, 0.5) is 0 Å². The molecule has 4 aromatic carbocycles. The molecule has 10 aliphatic carbocycles. The number of rotatable bonds is 4. The topological polar surface area (TPSA) is 15.5 Å². The van der Waals surface area contributed by atoms with Crippen molar-refractivity contribution < 1.29 is 33.3 Å². The summed E-state index contributed by atoms with van der Waals surface area (Å²) < 4.78 is 97.1. The molecule has 10 aliphatic rings. The highest BCUT2D eigenvalue weighted by molar-refractivity contribution is 5.66. The Morgan fingerprint density at radius 3 is 1.35 bits per heavy atom. The predicted molar refractivity (Wildman–Crippen MR) is 334 cm³/mol. The third-order valence-corrected chi connectivity index (χ3v) is 19.7. The van der Waals surface area contributed by atoms with Crippen LogP contribution in [0.15, 0.2) is 122 Å². The average Bonchev–Trinajstić information content (AvgIpc) is 0.828. The van der Waals surface area contributed by atoms with Crippen LogP contribution >= 0.6 is 0 Å². The monoisotopic (exact) mass is 1080 g/mol. The SMILES string of the molecule is C.Cc1ccc(-c2cc3c(c[n+]2C)C2CCC3C2)c(C)c1.Cc1ccc(-c2cc3c(c[n+]2C)CC2CC3C2)c(C)c1.[2H]C([2H])([2H])c1ccc(-c2cc3c(c[n+]2C)C([2H])([2H])C2CC3([2H])C2)c(C)c1.[2H]C([2H])([2H])c1ccc(-c2cc3c(c[n+]2C)C2([2H])CCC3([2H])C2)c(C)c1. The molecular formula is C77H92N4+4. The number of nitrogens with zero attached hydrogens (tertiary/aromatic N) is 4. The van der Waals surface area contributed by atoms with Crippen molar-refractivity contribution in [1.82, 2.24) is 0 Å². The van der Waals surface area contributed by atoms with Gasteiger partial charge in [-0.1, -0.05) is 78.2 Å². The van der Waals surface area contributed by atoms with Crippen LogP contribution in [0.2, 0.25) is 0 Å². The van der Waals surface area contributed by atoms with E-state index in [0.717, 1.165) is 86.8 Å². The average molecular weight is 1080 g/mol. The van der Waals surface area contributed by atoms with Crippen LogP contribution < -0.4 is 18.3 Å². The van der Waals surface area contributed by atoms with E-state index in [1.54, 1.807) is 46.5 Å². The van der Waals surface area contributed by atoms with Crippen molar-refractivity contribution in [2.75, 3.05) is 0 Å². The summed E-state index contributed by atoms with van der Waals surface area (Å²) in [5.74, 6) is 1.46. The quantitative estimate of drug-likeness (QED) is 0.156. The first-order chi connectivity index (χ1) is 42.7. The smallest absolute Gasteiger partial charge is 0.201 e. The minimum Gasteiger partial charge on any atom is -0.201 e. The normalized spacial score (nSPS) is 28.5. The van der Waals surface area contributed by atoms with Crippen molar-refractivity contribution in [2.45, 2.75) is 175 Å². The molecule has 0 radical (unpaired) electrons. The minimum atomic E-state index is -2.14. The first-order valence-electron chi connectivity index (χ1n) is 35.3. The summed E-state index contributed by atoms with van der Waals surface area (Å²) in [6.45, 7) is 8.35. The first kappa shape index (κ1) is 43.2. The van der Waals surface area contributed by atoms with E-state index in [-0.39, 0.29) is 13.3 Å². The number of benzene rings is 4. The van der Waals surface area contributed by atoms with Crippen molar-refractivity contribution in [3.05, 3.63) is 211 Å². The van der Waals surface area contributed by atoms with E-state index in [1.165, 1.54) is 83.3 Å². The predicted octanol–water partition coefficient (Wildman–Crippen LogP) is 16.6. The Balaban J connectivity index is 0.000000119. The lowest BCUT2D eigenvalue weighted by molar-refractivity contribution is -0.661. The number of fused-ring (bicyclic) bond motifs is 10. The number of aromatic nitrogens is 4. The van der Waals surface area contributed by atoms with E-state index in [4.69, 9.17) is 15.1 Å². The summed E-state index contributed by atoms with van der Waals surface area (Å²) in [4.78, 5) is 0. The molecule has 4 aromatic heterocycles. The van der Waals surface area contributed by atoms with Crippen molar-refractivity contribution >= 4 is 0 Å². The van der Waals surface area contributed by atoms with Crippen molar-refractivity contribution in [2.24, 2.45) is 40.0 Å². The van der Waals surface area contributed by atoms with Gasteiger partial charge in [-0.2, -0.15) is 0 Å². The molecule has 4 heteroatoms. The highest BCUT2D eigenvalue weighted by atomic mass is 14.9. The van der Waals surface area contributed by atoms with Gasteiger partial charge in [-0.05, 0) is 248 Å². The van der Waals surface area contributed by atoms with Gasteiger partial charge in [0, 0.05) is 83.9 Å². The Hall–Kier alpha value is -6.52. The van der Waals surface area contributed by atoms with Crippen molar-refractivity contribution in [3.63, 3.8) is 0 Å². The lowest BCUT2D eigenvalue weighted by Gasteiger charge is -2.41. The third kappa shape index (κ3) is 10.2. The van der Waals surface area contributed by atoms with Crippen molar-refractivity contribution in [1.29, 1.82) is 0 Å². The molecule has 416 valence electrons. The molecule has 0 amide bonds. The molecule has 4 nitrogen and oxygen atoms in total. The maximum Gasteiger partial charge on any atom is 0.212 e. The molecular weight excluding hydrogens is 981 g/mol. The van der Waals surface area contributed by atoms with Gasteiger partial charge in [0.15, 0.2) is 24.8 Å². The second kappa shape index (κ2) is 21.7. The van der Waals surface area contributed by atoms with E-state index in [1.807, 2.05) is 67.7 Å². The van der Waals surface area contributed by atoms with Crippen LogP contribution in [0.25, 0.3) is 45.0 Å².